The maximum atomic E-state index is 12.7. The average molecular weight is 347 g/mol. The third-order valence-electron chi connectivity index (χ3n) is 4.47. The van der Waals surface area contributed by atoms with E-state index in [1.165, 1.54) is 0 Å². The van der Waals surface area contributed by atoms with E-state index in [1.54, 1.807) is 13.1 Å². The van der Waals surface area contributed by atoms with E-state index in [4.69, 9.17) is 0 Å². The molecule has 1 atom stereocenters. The van der Waals surface area contributed by atoms with Gasteiger partial charge in [-0.15, -0.1) is 0 Å². The number of aryl methyl sites for hydroxylation is 1. The molecule has 1 aliphatic rings. The summed E-state index contributed by atoms with van der Waals surface area (Å²) in [6.07, 6.45) is 2.15. The molecule has 7 heteroatoms. The third-order valence-corrected chi connectivity index (χ3v) is 6.38. The van der Waals surface area contributed by atoms with Crippen LogP contribution in [0.5, 0.6) is 0 Å². The van der Waals surface area contributed by atoms with E-state index < -0.39 is 15.4 Å². The SMILES string of the molecule is Cc1cc(C(=O)N[C@@]2(C)CCS(=O)(=O)C2)c(C)n1-c1ccccn1. The van der Waals surface area contributed by atoms with Gasteiger partial charge in [0, 0.05) is 17.6 Å². The Morgan fingerprint density at radius 3 is 2.67 bits per heavy atom. The first-order valence-corrected chi connectivity index (χ1v) is 9.66. The van der Waals surface area contributed by atoms with Crippen LogP contribution in [0.2, 0.25) is 0 Å². The number of hydrogen-bond donors (Lipinski definition) is 1. The van der Waals surface area contributed by atoms with Crippen molar-refractivity contribution >= 4 is 15.7 Å². The van der Waals surface area contributed by atoms with Crippen LogP contribution in [-0.4, -0.2) is 40.9 Å². The lowest BCUT2D eigenvalue weighted by Crippen LogP contribution is -2.47. The second-order valence-electron chi connectivity index (χ2n) is 6.66. The first kappa shape index (κ1) is 16.7. The molecule has 2 aromatic heterocycles. The Morgan fingerprint density at radius 2 is 2.08 bits per heavy atom. The van der Waals surface area contributed by atoms with Crippen LogP contribution in [0.1, 0.15) is 35.1 Å². The van der Waals surface area contributed by atoms with Crippen molar-refractivity contribution in [3.63, 3.8) is 0 Å². The molecule has 0 aromatic carbocycles. The van der Waals surface area contributed by atoms with Gasteiger partial charge in [0.1, 0.15) is 5.82 Å². The lowest BCUT2D eigenvalue weighted by Gasteiger charge is -2.23. The van der Waals surface area contributed by atoms with Gasteiger partial charge in [-0.2, -0.15) is 0 Å². The van der Waals surface area contributed by atoms with E-state index in [9.17, 15) is 13.2 Å². The molecule has 0 radical (unpaired) electrons. The number of amides is 1. The molecule has 1 saturated heterocycles. The van der Waals surface area contributed by atoms with E-state index in [-0.39, 0.29) is 17.4 Å². The van der Waals surface area contributed by atoms with Crippen LogP contribution in [0, 0.1) is 13.8 Å². The Balaban J connectivity index is 1.90. The molecule has 128 valence electrons. The number of rotatable bonds is 3. The van der Waals surface area contributed by atoms with Gasteiger partial charge in [0.05, 0.1) is 22.6 Å². The highest BCUT2D eigenvalue weighted by Crippen LogP contribution is 2.25. The van der Waals surface area contributed by atoms with Gasteiger partial charge in [-0.3, -0.25) is 4.79 Å². The van der Waals surface area contributed by atoms with Crippen LogP contribution >= 0.6 is 0 Å². The number of aromatic nitrogens is 2. The topological polar surface area (TPSA) is 81.1 Å². The summed E-state index contributed by atoms with van der Waals surface area (Å²) >= 11 is 0. The molecule has 1 amide bonds. The summed E-state index contributed by atoms with van der Waals surface area (Å²) in [5.41, 5.74) is 1.53. The first-order valence-electron chi connectivity index (χ1n) is 7.84. The normalized spacial score (nSPS) is 22.5. The quantitative estimate of drug-likeness (QED) is 0.918. The van der Waals surface area contributed by atoms with Gasteiger partial charge in [0.15, 0.2) is 9.84 Å². The third kappa shape index (κ3) is 3.08. The van der Waals surface area contributed by atoms with E-state index >= 15 is 0 Å². The van der Waals surface area contributed by atoms with E-state index in [0.29, 0.717) is 12.0 Å². The van der Waals surface area contributed by atoms with Gasteiger partial charge in [-0.05, 0) is 45.4 Å². The van der Waals surface area contributed by atoms with Crippen LogP contribution < -0.4 is 5.32 Å². The zero-order valence-corrected chi connectivity index (χ0v) is 14.9. The second-order valence-corrected chi connectivity index (χ2v) is 8.85. The van der Waals surface area contributed by atoms with Crippen molar-refractivity contribution in [2.75, 3.05) is 11.5 Å². The molecule has 24 heavy (non-hydrogen) atoms. The lowest BCUT2D eigenvalue weighted by atomic mass is 10.0. The summed E-state index contributed by atoms with van der Waals surface area (Å²) in [7, 11) is -3.07. The molecule has 0 aliphatic carbocycles. The molecule has 1 aliphatic heterocycles. The molecule has 0 bridgehead atoms. The fraction of sp³-hybridized carbons (Fsp3) is 0.412. The van der Waals surface area contributed by atoms with Gasteiger partial charge < -0.3 is 9.88 Å². The minimum absolute atomic E-state index is 0.00921. The monoisotopic (exact) mass is 347 g/mol. The first-order chi connectivity index (χ1) is 11.2. The van der Waals surface area contributed by atoms with Crippen molar-refractivity contribution in [1.82, 2.24) is 14.9 Å². The number of carbonyl (C=O) groups is 1. The molecule has 3 rings (SSSR count). The molecule has 0 unspecified atom stereocenters. The summed E-state index contributed by atoms with van der Waals surface area (Å²) in [5.74, 6) is 0.618. The molecule has 0 saturated carbocycles. The number of hydrogen-bond acceptors (Lipinski definition) is 4. The molecule has 6 nitrogen and oxygen atoms in total. The number of pyridine rings is 1. The fourth-order valence-corrected chi connectivity index (χ4v) is 5.37. The van der Waals surface area contributed by atoms with Crippen molar-refractivity contribution in [2.45, 2.75) is 32.7 Å². The van der Waals surface area contributed by atoms with Gasteiger partial charge >= 0.3 is 0 Å². The predicted octanol–water partition coefficient (Wildman–Crippen LogP) is 1.80. The van der Waals surface area contributed by atoms with Gasteiger partial charge in [-0.1, -0.05) is 6.07 Å². The van der Waals surface area contributed by atoms with Crippen molar-refractivity contribution in [1.29, 1.82) is 0 Å². The van der Waals surface area contributed by atoms with E-state index in [0.717, 1.165) is 17.2 Å². The molecule has 0 spiro atoms. The van der Waals surface area contributed by atoms with Crippen LogP contribution in [0.4, 0.5) is 0 Å². The van der Waals surface area contributed by atoms with E-state index in [1.807, 2.05) is 42.7 Å². The predicted molar refractivity (Wildman–Crippen MR) is 92.2 cm³/mol. The van der Waals surface area contributed by atoms with Crippen LogP contribution in [-0.2, 0) is 9.84 Å². The Hall–Kier alpha value is -2.15. The number of nitrogens with one attached hydrogen (secondary N) is 1. The Bertz CT molecular complexity index is 887. The highest BCUT2D eigenvalue weighted by molar-refractivity contribution is 7.91. The van der Waals surface area contributed by atoms with Crippen LogP contribution in [0.25, 0.3) is 5.82 Å². The van der Waals surface area contributed by atoms with Gasteiger partial charge in [-0.25, -0.2) is 13.4 Å². The van der Waals surface area contributed by atoms with Crippen LogP contribution in [0.15, 0.2) is 30.5 Å². The smallest absolute Gasteiger partial charge is 0.253 e. The van der Waals surface area contributed by atoms with Crippen molar-refractivity contribution in [3.05, 3.63) is 47.4 Å². The maximum Gasteiger partial charge on any atom is 0.253 e. The summed E-state index contributed by atoms with van der Waals surface area (Å²) in [4.78, 5) is 17.0. The molecule has 1 N–H and O–H groups in total. The Labute approximate surface area is 141 Å². The van der Waals surface area contributed by atoms with Crippen molar-refractivity contribution in [3.8, 4) is 5.82 Å². The van der Waals surface area contributed by atoms with Crippen LogP contribution in [0.3, 0.4) is 0 Å². The summed E-state index contributed by atoms with van der Waals surface area (Å²) in [6, 6.07) is 7.43. The summed E-state index contributed by atoms with van der Waals surface area (Å²) in [5, 5.41) is 2.91. The largest absolute Gasteiger partial charge is 0.346 e. The van der Waals surface area contributed by atoms with Crippen molar-refractivity contribution < 1.29 is 13.2 Å². The zero-order chi connectivity index (χ0) is 17.5. The molecular weight excluding hydrogens is 326 g/mol. The standard InChI is InChI=1S/C17H21N3O3S/c1-12-10-14(13(2)20(12)15-6-4-5-8-18-15)16(21)19-17(3)7-9-24(22,23)11-17/h4-6,8,10H,7,9,11H2,1-3H3,(H,19,21)/t17-/m0/s1. The lowest BCUT2D eigenvalue weighted by molar-refractivity contribution is 0.0915. The van der Waals surface area contributed by atoms with Crippen molar-refractivity contribution in [2.24, 2.45) is 0 Å². The molecular formula is C17H21N3O3S. The average Bonchev–Trinajstić information content (AvgIpc) is 2.95. The summed E-state index contributed by atoms with van der Waals surface area (Å²) in [6.45, 7) is 5.57. The highest BCUT2D eigenvalue weighted by atomic mass is 32.2. The van der Waals surface area contributed by atoms with E-state index in [2.05, 4.69) is 10.3 Å². The second kappa shape index (κ2) is 5.73. The van der Waals surface area contributed by atoms with Gasteiger partial charge in [0.25, 0.3) is 5.91 Å². The number of sulfone groups is 1. The molecule has 1 fully saturated rings. The molecule has 2 aromatic rings. The highest BCUT2D eigenvalue weighted by Gasteiger charge is 2.39. The summed E-state index contributed by atoms with van der Waals surface area (Å²) < 4.78 is 25.3. The number of carbonyl (C=O) groups excluding carboxylic acids is 1. The van der Waals surface area contributed by atoms with Gasteiger partial charge in [0.2, 0.25) is 0 Å². The zero-order valence-electron chi connectivity index (χ0n) is 14.0. The Morgan fingerprint density at radius 1 is 1.33 bits per heavy atom. The molecule has 3 heterocycles. The minimum Gasteiger partial charge on any atom is -0.346 e. The minimum atomic E-state index is -3.07. The fourth-order valence-electron chi connectivity index (χ4n) is 3.28. The Kier molecular flexibility index (Phi) is 3.99. The number of nitrogens with zero attached hydrogens (tertiary/aromatic N) is 2. The maximum absolute atomic E-state index is 12.7.